The van der Waals surface area contributed by atoms with Crippen LogP contribution in [0.4, 0.5) is 5.82 Å². The Labute approximate surface area is 149 Å². The highest BCUT2D eigenvalue weighted by molar-refractivity contribution is 6.08. The molecule has 0 unspecified atom stereocenters. The third-order valence-electron chi connectivity index (χ3n) is 4.70. The van der Waals surface area contributed by atoms with Gasteiger partial charge in [-0.15, -0.1) is 0 Å². The van der Waals surface area contributed by atoms with Gasteiger partial charge in [-0.3, -0.25) is 5.01 Å². The molecule has 2 aromatic heterocycles. The number of nitrogens with zero attached hydrogens (tertiary/aromatic N) is 4. The zero-order valence-electron chi connectivity index (χ0n) is 14.0. The molecule has 0 spiro atoms. The molecule has 0 saturated heterocycles. The second-order valence-corrected chi connectivity index (χ2v) is 6.42. The standard InChI is InChI=1S/C19H17N7/c20-19-25-18-16(10-26(19)21)23-12(9-22-18)8-11-4-3-7-15-17(11)13-5-1-2-6-14(13)24-15/h1-7,9,24H,8,10,21H2,(H2,20,22,25). The molecule has 128 valence electrons. The van der Waals surface area contributed by atoms with Crippen molar-refractivity contribution in [2.24, 2.45) is 16.6 Å². The van der Waals surface area contributed by atoms with Crippen LogP contribution in [0.3, 0.4) is 0 Å². The van der Waals surface area contributed by atoms with Crippen LogP contribution in [0.5, 0.6) is 0 Å². The summed E-state index contributed by atoms with van der Waals surface area (Å²) in [6.07, 6.45) is 2.44. The van der Waals surface area contributed by atoms with Gasteiger partial charge in [-0.05, 0) is 17.7 Å². The number of aromatic nitrogens is 3. The summed E-state index contributed by atoms with van der Waals surface area (Å²) in [5.41, 5.74) is 10.8. The Hall–Kier alpha value is -3.45. The molecule has 0 saturated carbocycles. The van der Waals surface area contributed by atoms with Crippen LogP contribution in [0.1, 0.15) is 17.0 Å². The highest BCUT2D eigenvalue weighted by atomic mass is 15.5. The van der Waals surface area contributed by atoms with Gasteiger partial charge in [0.25, 0.3) is 0 Å². The number of nitrogens with one attached hydrogen (secondary N) is 1. The number of rotatable bonds is 2. The van der Waals surface area contributed by atoms with E-state index in [0.29, 0.717) is 18.8 Å². The van der Waals surface area contributed by atoms with E-state index < -0.39 is 0 Å². The summed E-state index contributed by atoms with van der Waals surface area (Å²) in [5, 5.41) is 3.82. The first-order chi connectivity index (χ1) is 12.7. The SMILES string of the molecule is NC1=Nc2ncc(Cc3cccc4[nH]c5ccccc5c34)nc2CN1N. The Morgan fingerprint density at radius 2 is 1.92 bits per heavy atom. The van der Waals surface area contributed by atoms with Crippen molar-refractivity contribution < 1.29 is 0 Å². The number of aromatic amines is 1. The molecular weight excluding hydrogens is 326 g/mol. The monoisotopic (exact) mass is 343 g/mol. The van der Waals surface area contributed by atoms with E-state index in [-0.39, 0.29) is 5.96 Å². The quantitative estimate of drug-likeness (QED) is 0.484. The second-order valence-electron chi connectivity index (χ2n) is 6.42. The smallest absolute Gasteiger partial charge is 0.212 e. The molecule has 0 fully saturated rings. The molecular formula is C19H17N7. The molecule has 5 rings (SSSR count). The van der Waals surface area contributed by atoms with Crippen molar-refractivity contribution in [3.05, 3.63) is 65.6 Å². The molecule has 7 heteroatoms. The number of fused-ring (bicyclic) bond motifs is 4. The van der Waals surface area contributed by atoms with Gasteiger partial charge in [-0.2, -0.15) is 4.99 Å². The minimum Gasteiger partial charge on any atom is -0.368 e. The number of aliphatic imine (C=N–C) groups is 1. The van der Waals surface area contributed by atoms with Crippen molar-refractivity contribution in [1.82, 2.24) is 20.0 Å². The van der Waals surface area contributed by atoms with Crippen molar-refractivity contribution in [1.29, 1.82) is 0 Å². The van der Waals surface area contributed by atoms with Crippen LogP contribution >= 0.6 is 0 Å². The molecule has 0 amide bonds. The Balaban J connectivity index is 1.59. The zero-order valence-corrected chi connectivity index (χ0v) is 14.0. The van der Waals surface area contributed by atoms with Gasteiger partial charge in [0.05, 0.1) is 18.4 Å². The number of hydrogen-bond acceptors (Lipinski definition) is 6. The summed E-state index contributed by atoms with van der Waals surface area (Å²) in [7, 11) is 0. The third kappa shape index (κ3) is 2.29. The van der Waals surface area contributed by atoms with E-state index in [1.165, 1.54) is 21.3 Å². The van der Waals surface area contributed by atoms with E-state index >= 15 is 0 Å². The summed E-state index contributed by atoms with van der Waals surface area (Å²) >= 11 is 0. The van der Waals surface area contributed by atoms with Gasteiger partial charge in [0, 0.05) is 28.2 Å². The van der Waals surface area contributed by atoms with E-state index in [9.17, 15) is 0 Å². The number of hydrazine groups is 1. The van der Waals surface area contributed by atoms with Gasteiger partial charge < -0.3 is 10.7 Å². The van der Waals surface area contributed by atoms with Crippen LogP contribution in [0.25, 0.3) is 21.8 Å². The summed E-state index contributed by atoms with van der Waals surface area (Å²) in [4.78, 5) is 16.8. The van der Waals surface area contributed by atoms with E-state index in [2.05, 4.69) is 51.4 Å². The van der Waals surface area contributed by atoms with Gasteiger partial charge in [0.15, 0.2) is 5.82 Å². The van der Waals surface area contributed by atoms with Crippen LogP contribution < -0.4 is 11.6 Å². The number of benzene rings is 2. The topological polar surface area (TPSA) is 109 Å². The predicted molar refractivity (Wildman–Crippen MR) is 102 cm³/mol. The predicted octanol–water partition coefficient (Wildman–Crippen LogP) is 2.34. The number of guanidine groups is 1. The van der Waals surface area contributed by atoms with Gasteiger partial charge >= 0.3 is 0 Å². The number of H-pyrrole nitrogens is 1. The van der Waals surface area contributed by atoms with Crippen LogP contribution in [0.2, 0.25) is 0 Å². The summed E-state index contributed by atoms with van der Waals surface area (Å²) in [5.74, 6) is 6.62. The highest BCUT2D eigenvalue weighted by Gasteiger charge is 2.18. The fraction of sp³-hybridized carbons (Fsp3) is 0.105. The number of para-hydroxylation sites is 1. The Kier molecular flexibility index (Phi) is 3.16. The lowest BCUT2D eigenvalue weighted by Crippen LogP contribution is -2.44. The molecule has 26 heavy (non-hydrogen) atoms. The molecule has 7 nitrogen and oxygen atoms in total. The van der Waals surface area contributed by atoms with E-state index in [4.69, 9.17) is 16.6 Å². The van der Waals surface area contributed by atoms with Crippen molar-refractivity contribution in [3.8, 4) is 0 Å². The van der Waals surface area contributed by atoms with Crippen LogP contribution in [-0.4, -0.2) is 25.9 Å². The molecule has 1 aliphatic rings. The average Bonchev–Trinajstić information content (AvgIpc) is 3.02. The zero-order chi connectivity index (χ0) is 17.7. The molecule has 0 bridgehead atoms. The molecule has 5 N–H and O–H groups in total. The lowest BCUT2D eigenvalue weighted by molar-refractivity contribution is 0.414. The molecule has 0 aliphatic carbocycles. The van der Waals surface area contributed by atoms with E-state index in [1.807, 2.05) is 6.07 Å². The highest BCUT2D eigenvalue weighted by Crippen LogP contribution is 2.30. The van der Waals surface area contributed by atoms with Crippen LogP contribution in [0, 0.1) is 0 Å². The van der Waals surface area contributed by atoms with Crippen LogP contribution in [-0.2, 0) is 13.0 Å². The normalized spacial score (nSPS) is 13.9. The van der Waals surface area contributed by atoms with Gasteiger partial charge in [-0.1, -0.05) is 30.3 Å². The number of hydrogen-bond donors (Lipinski definition) is 3. The summed E-state index contributed by atoms with van der Waals surface area (Å²) in [6.45, 7) is 0.406. The van der Waals surface area contributed by atoms with E-state index in [0.717, 1.165) is 22.4 Å². The first-order valence-electron chi connectivity index (χ1n) is 8.38. The first kappa shape index (κ1) is 14.9. The van der Waals surface area contributed by atoms with E-state index in [1.54, 1.807) is 6.20 Å². The Morgan fingerprint density at radius 3 is 2.85 bits per heavy atom. The van der Waals surface area contributed by atoms with Crippen molar-refractivity contribution in [3.63, 3.8) is 0 Å². The lowest BCUT2D eigenvalue weighted by atomic mass is 10.0. The van der Waals surface area contributed by atoms with Crippen molar-refractivity contribution >= 4 is 33.6 Å². The largest absolute Gasteiger partial charge is 0.368 e. The molecule has 2 aromatic carbocycles. The van der Waals surface area contributed by atoms with Gasteiger partial charge in [-0.25, -0.2) is 15.8 Å². The number of nitrogens with two attached hydrogens (primary N) is 2. The van der Waals surface area contributed by atoms with Gasteiger partial charge in [0.2, 0.25) is 5.96 Å². The maximum atomic E-state index is 5.82. The minimum absolute atomic E-state index is 0.253. The fourth-order valence-electron chi connectivity index (χ4n) is 3.48. The fourth-order valence-corrected chi connectivity index (χ4v) is 3.48. The molecule has 3 heterocycles. The van der Waals surface area contributed by atoms with Crippen molar-refractivity contribution in [2.75, 3.05) is 0 Å². The Morgan fingerprint density at radius 1 is 1.08 bits per heavy atom. The summed E-state index contributed by atoms with van der Waals surface area (Å²) in [6, 6.07) is 14.6. The molecule has 0 radical (unpaired) electrons. The second kappa shape index (κ2) is 5.53. The molecule has 4 aromatic rings. The van der Waals surface area contributed by atoms with Gasteiger partial charge in [0.1, 0.15) is 5.69 Å². The lowest BCUT2D eigenvalue weighted by Gasteiger charge is -2.22. The maximum Gasteiger partial charge on any atom is 0.212 e. The average molecular weight is 343 g/mol. The molecule has 1 aliphatic heterocycles. The van der Waals surface area contributed by atoms with Crippen LogP contribution in [0.15, 0.2) is 53.7 Å². The van der Waals surface area contributed by atoms with Crippen molar-refractivity contribution in [2.45, 2.75) is 13.0 Å². The minimum atomic E-state index is 0.253. The Bertz CT molecular complexity index is 1180. The first-order valence-corrected chi connectivity index (χ1v) is 8.38. The summed E-state index contributed by atoms with van der Waals surface area (Å²) < 4.78 is 0. The maximum absolute atomic E-state index is 5.82. The molecule has 0 atom stereocenters. The third-order valence-corrected chi connectivity index (χ3v) is 4.70.